The second-order valence-corrected chi connectivity index (χ2v) is 3.94. The highest BCUT2D eigenvalue weighted by Gasteiger charge is 2.34. The molecule has 0 spiro atoms. The molecule has 0 amide bonds. The molecule has 0 radical (unpaired) electrons. The van der Waals surface area contributed by atoms with E-state index in [-0.39, 0.29) is 6.10 Å². The second kappa shape index (κ2) is 4.68. The Bertz CT molecular complexity index is 325. The quantitative estimate of drug-likeness (QED) is 0.784. The third-order valence-electron chi connectivity index (χ3n) is 2.69. The van der Waals surface area contributed by atoms with Crippen molar-refractivity contribution in [1.82, 2.24) is 9.97 Å². The van der Waals surface area contributed by atoms with Crippen LogP contribution in [0, 0.1) is 5.92 Å². The van der Waals surface area contributed by atoms with E-state index in [2.05, 4.69) is 9.97 Å². The van der Waals surface area contributed by atoms with Gasteiger partial charge in [0.1, 0.15) is 6.10 Å². The fourth-order valence-corrected chi connectivity index (χ4v) is 1.74. The zero-order chi connectivity index (χ0) is 10.7. The van der Waals surface area contributed by atoms with E-state index < -0.39 is 0 Å². The van der Waals surface area contributed by atoms with Gasteiger partial charge in [-0.3, -0.25) is 0 Å². The molecule has 1 unspecified atom stereocenters. The van der Waals surface area contributed by atoms with E-state index in [0.717, 1.165) is 17.9 Å². The Kier molecular flexibility index (Phi) is 3.28. The van der Waals surface area contributed by atoms with Crippen LogP contribution in [-0.2, 0) is 11.2 Å². The van der Waals surface area contributed by atoms with E-state index in [1.807, 2.05) is 6.07 Å². The molecule has 1 atom stereocenters. The maximum Gasteiger partial charge on any atom is 0.157 e. The van der Waals surface area contributed by atoms with Crippen molar-refractivity contribution in [2.75, 3.05) is 13.7 Å². The monoisotopic (exact) mass is 207 g/mol. The molecule has 1 fully saturated rings. The van der Waals surface area contributed by atoms with E-state index in [4.69, 9.17) is 10.5 Å². The number of nitrogens with two attached hydrogens (primary N) is 1. The van der Waals surface area contributed by atoms with Gasteiger partial charge in [0, 0.05) is 25.4 Å². The van der Waals surface area contributed by atoms with Crippen molar-refractivity contribution >= 4 is 0 Å². The molecule has 1 aliphatic carbocycles. The molecule has 0 saturated heterocycles. The van der Waals surface area contributed by atoms with Crippen LogP contribution >= 0.6 is 0 Å². The lowest BCUT2D eigenvalue weighted by Gasteiger charge is -2.13. The molecule has 1 aromatic heterocycles. The van der Waals surface area contributed by atoms with Crippen LogP contribution in [0.1, 0.15) is 30.5 Å². The van der Waals surface area contributed by atoms with Gasteiger partial charge in [-0.2, -0.15) is 0 Å². The number of rotatable bonds is 5. The van der Waals surface area contributed by atoms with Gasteiger partial charge < -0.3 is 10.5 Å². The van der Waals surface area contributed by atoms with Gasteiger partial charge in [0.2, 0.25) is 0 Å². The molecule has 1 saturated carbocycles. The summed E-state index contributed by atoms with van der Waals surface area (Å²) in [4.78, 5) is 8.76. The molecule has 82 valence electrons. The average molecular weight is 207 g/mol. The van der Waals surface area contributed by atoms with E-state index in [9.17, 15) is 0 Å². The van der Waals surface area contributed by atoms with Crippen LogP contribution in [-0.4, -0.2) is 23.6 Å². The van der Waals surface area contributed by atoms with Crippen molar-refractivity contribution in [3.05, 3.63) is 23.8 Å². The van der Waals surface area contributed by atoms with Crippen molar-refractivity contribution in [3.8, 4) is 0 Å². The highest BCUT2D eigenvalue weighted by molar-refractivity contribution is 5.07. The van der Waals surface area contributed by atoms with Crippen molar-refractivity contribution in [1.29, 1.82) is 0 Å². The molecule has 4 heteroatoms. The maximum atomic E-state index is 5.50. The zero-order valence-electron chi connectivity index (χ0n) is 9.02. The van der Waals surface area contributed by atoms with Gasteiger partial charge in [0.25, 0.3) is 0 Å². The number of hydrogen-bond acceptors (Lipinski definition) is 4. The van der Waals surface area contributed by atoms with Crippen LogP contribution in [0.5, 0.6) is 0 Å². The summed E-state index contributed by atoms with van der Waals surface area (Å²) in [7, 11) is 1.72. The van der Waals surface area contributed by atoms with Crippen LogP contribution in [0.25, 0.3) is 0 Å². The first-order valence-electron chi connectivity index (χ1n) is 5.40. The lowest BCUT2D eigenvalue weighted by Crippen LogP contribution is -2.11. The summed E-state index contributed by atoms with van der Waals surface area (Å²) in [5, 5.41) is 0. The SMILES string of the molecule is COC(c1nccc(CCN)n1)C1CC1. The van der Waals surface area contributed by atoms with Gasteiger partial charge in [0.05, 0.1) is 0 Å². The van der Waals surface area contributed by atoms with Crippen LogP contribution in [0.15, 0.2) is 12.3 Å². The second-order valence-electron chi connectivity index (χ2n) is 3.94. The highest BCUT2D eigenvalue weighted by atomic mass is 16.5. The van der Waals surface area contributed by atoms with E-state index in [0.29, 0.717) is 12.5 Å². The first kappa shape index (κ1) is 10.5. The first-order valence-corrected chi connectivity index (χ1v) is 5.40. The molecule has 2 rings (SSSR count). The van der Waals surface area contributed by atoms with Gasteiger partial charge in [0.15, 0.2) is 5.82 Å². The highest BCUT2D eigenvalue weighted by Crippen LogP contribution is 2.41. The Morgan fingerprint density at radius 1 is 1.60 bits per heavy atom. The lowest BCUT2D eigenvalue weighted by molar-refractivity contribution is 0.0770. The molecule has 0 aromatic carbocycles. The summed E-state index contributed by atoms with van der Waals surface area (Å²) in [5.74, 6) is 1.43. The normalized spacial score (nSPS) is 17.7. The lowest BCUT2D eigenvalue weighted by atomic mass is 10.2. The molecule has 4 nitrogen and oxygen atoms in total. The molecule has 2 N–H and O–H groups in total. The molecular weight excluding hydrogens is 190 g/mol. The first-order chi connectivity index (χ1) is 7.35. The number of ether oxygens (including phenoxy) is 1. The fourth-order valence-electron chi connectivity index (χ4n) is 1.74. The predicted octanol–water partition coefficient (Wildman–Crippen LogP) is 1.08. The molecule has 0 bridgehead atoms. The van der Waals surface area contributed by atoms with Gasteiger partial charge in [-0.25, -0.2) is 9.97 Å². The Morgan fingerprint density at radius 2 is 2.40 bits per heavy atom. The minimum absolute atomic E-state index is 0.0720. The molecule has 15 heavy (non-hydrogen) atoms. The van der Waals surface area contributed by atoms with Gasteiger partial charge in [-0.1, -0.05) is 0 Å². The Balaban J connectivity index is 2.14. The van der Waals surface area contributed by atoms with Crippen LogP contribution in [0.2, 0.25) is 0 Å². The van der Waals surface area contributed by atoms with Crippen molar-refractivity contribution < 1.29 is 4.74 Å². The summed E-state index contributed by atoms with van der Waals surface area (Å²) in [5.41, 5.74) is 6.50. The number of methoxy groups -OCH3 is 1. The van der Waals surface area contributed by atoms with E-state index >= 15 is 0 Å². The minimum Gasteiger partial charge on any atom is -0.373 e. The van der Waals surface area contributed by atoms with Crippen molar-refractivity contribution in [3.63, 3.8) is 0 Å². The number of hydrogen-bond donors (Lipinski definition) is 1. The fraction of sp³-hybridized carbons (Fsp3) is 0.636. The Labute approximate surface area is 89.9 Å². The van der Waals surface area contributed by atoms with Gasteiger partial charge in [-0.15, -0.1) is 0 Å². The number of nitrogens with zero attached hydrogens (tertiary/aromatic N) is 2. The Hall–Kier alpha value is -1.00. The standard InChI is InChI=1S/C11H17N3O/c1-15-10(8-2-3-8)11-13-7-5-9(14-11)4-6-12/h5,7-8,10H,2-4,6,12H2,1H3. The van der Waals surface area contributed by atoms with Gasteiger partial charge >= 0.3 is 0 Å². The van der Waals surface area contributed by atoms with Crippen LogP contribution in [0.4, 0.5) is 0 Å². The topological polar surface area (TPSA) is 61.0 Å². The summed E-state index contributed by atoms with van der Waals surface area (Å²) >= 11 is 0. The summed E-state index contributed by atoms with van der Waals surface area (Å²) < 4.78 is 5.44. The smallest absolute Gasteiger partial charge is 0.157 e. The van der Waals surface area contributed by atoms with Crippen molar-refractivity contribution in [2.45, 2.75) is 25.4 Å². The largest absolute Gasteiger partial charge is 0.373 e. The Morgan fingerprint density at radius 3 is 3.00 bits per heavy atom. The van der Waals surface area contributed by atoms with E-state index in [1.54, 1.807) is 13.3 Å². The van der Waals surface area contributed by atoms with Crippen LogP contribution in [0.3, 0.4) is 0 Å². The van der Waals surface area contributed by atoms with E-state index in [1.165, 1.54) is 12.8 Å². The average Bonchev–Trinajstić information content (AvgIpc) is 3.04. The maximum absolute atomic E-state index is 5.50. The summed E-state index contributed by atoms with van der Waals surface area (Å²) in [6.07, 6.45) is 5.12. The van der Waals surface area contributed by atoms with Crippen LogP contribution < -0.4 is 5.73 Å². The summed E-state index contributed by atoms with van der Waals surface area (Å²) in [6.45, 7) is 0.623. The molecule has 1 aliphatic rings. The predicted molar refractivity (Wildman–Crippen MR) is 57.3 cm³/mol. The van der Waals surface area contributed by atoms with Crippen molar-refractivity contribution in [2.24, 2.45) is 11.7 Å². The molecular formula is C11H17N3O. The van der Waals surface area contributed by atoms with Gasteiger partial charge in [-0.05, 0) is 31.4 Å². The molecule has 0 aliphatic heterocycles. The molecule has 1 heterocycles. The third-order valence-corrected chi connectivity index (χ3v) is 2.69. The molecule has 1 aromatic rings. The summed E-state index contributed by atoms with van der Waals surface area (Å²) in [6, 6.07) is 1.91. The number of aromatic nitrogens is 2. The zero-order valence-corrected chi connectivity index (χ0v) is 9.02. The third kappa shape index (κ3) is 2.52. The minimum atomic E-state index is 0.0720.